The number of rotatable bonds is 32. The lowest BCUT2D eigenvalue weighted by atomic mass is 9.33. The number of allylic oxidation sites excluding steroid dienone is 2. The van der Waals surface area contributed by atoms with Crippen LogP contribution in [0.25, 0.3) is 0 Å². The van der Waals surface area contributed by atoms with Crippen LogP contribution in [0.4, 0.5) is 22.7 Å². The molecule has 8 aliphatic carbocycles. The monoisotopic (exact) mass is 1590 g/mol. The third-order valence-electron chi connectivity index (χ3n) is 25.8. The van der Waals surface area contributed by atoms with Crippen molar-refractivity contribution in [3.63, 3.8) is 0 Å². The summed E-state index contributed by atoms with van der Waals surface area (Å²) >= 11 is 3.62. The van der Waals surface area contributed by atoms with Gasteiger partial charge >= 0.3 is 0 Å². The van der Waals surface area contributed by atoms with Gasteiger partial charge in [0.2, 0.25) is 0 Å². The molecule has 6 aromatic rings. The molecule has 20 heteroatoms. The first kappa shape index (κ1) is 83.3. The van der Waals surface area contributed by atoms with Crippen LogP contribution in [0, 0.1) is 46.3 Å². The van der Waals surface area contributed by atoms with Gasteiger partial charge in [-0.15, -0.1) is 23.5 Å². The number of aryl methyl sites for hydroxylation is 2. The number of amides is 2. The summed E-state index contributed by atoms with van der Waals surface area (Å²) in [6.07, 6.45) is 19.0. The van der Waals surface area contributed by atoms with Gasteiger partial charge in [-0.1, -0.05) is 107 Å². The van der Waals surface area contributed by atoms with E-state index in [9.17, 15) is 26.4 Å². The highest BCUT2D eigenvalue weighted by Crippen LogP contribution is 2.79. The molecule has 0 spiro atoms. The number of carbonyl (C=O) groups is 2. The van der Waals surface area contributed by atoms with Crippen molar-refractivity contribution in [1.82, 2.24) is 29.0 Å². The molecular formula is C92H126N10O6S4. The van der Waals surface area contributed by atoms with Crippen molar-refractivity contribution in [2.24, 2.45) is 32.5 Å². The maximum absolute atomic E-state index is 13.5. The zero-order chi connectivity index (χ0) is 79.4. The number of hydrogen-bond acceptors (Lipinski definition) is 16. The number of thioether (sulfide) groups is 2. The Hall–Kier alpha value is -6.62. The van der Waals surface area contributed by atoms with E-state index in [0.717, 1.165) is 150 Å². The third-order valence-corrected chi connectivity index (χ3v) is 30.8. The van der Waals surface area contributed by atoms with E-state index in [1.165, 1.54) is 86.8 Å². The second-order valence-corrected chi connectivity index (χ2v) is 42.7. The molecule has 0 radical (unpaired) electrons. The fourth-order valence-electron chi connectivity index (χ4n) is 19.8. The van der Waals surface area contributed by atoms with Gasteiger partial charge in [0.05, 0.1) is 9.79 Å². The molecule has 6 aromatic carbocycles. The topological polar surface area (TPSA) is 170 Å². The molecular weight excluding hydrogens is 1470 g/mol. The Kier molecular flexibility index (Phi) is 25.8. The fraction of sp³-hybridized carbons (Fsp3) is 0.543. The number of nitrogens with zero attached hydrogens (tertiary/aromatic N) is 6. The SMILES string of the molecule is CCCN(C)CC[C@H](CSc1ccccc1)Nc1ccc(S(=O)(=O)NC(=O)c2ccc(N3CCN(CC4=C(C56CC(C)(C5)C6)CC(C)(C)CC4)CC3)cc2)cc1C.Cc1cc(S(=O)(=O)NC(=O)c2ccc(N3CCN(CC4=C(C56CC(C)(C5)C6)CC(C)(C)CC4)CC3)cc2)ccc1N[C@H](CCN(C)C)CSc1ccccc1. The van der Waals surface area contributed by atoms with E-state index in [2.05, 4.69) is 155 Å². The van der Waals surface area contributed by atoms with Crippen LogP contribution in [0.5, 0.6) is 0 Å². The van der Waals surface area contributed by atoms with Gasteiger partial charge in [-0.25, -0.2) is 26.3 Å². The van der Waals surface area contributed by atoms with Crippen molar-refractivity contribution < 1.29 is 26.4 Å². The minimum Gasteiger partial charge on any atom is -0.381 e. The Bertz CT molecular complexity index is 4550. The van der Waals surface area contributed by atoms with Crippen molar-refractivity contribution in [3.05, 3.63) is 190 Å². The lowest BCUT2D eigenvalue weighted by Crippen LogP contribution is -2.61. The van der Waals surface area contributed by atoms with Crippen LogP contribution >= 0.6 is 23.5 Å². The maximum Gasteiger partial charge on any atom is 0.264 e. The standard InChI is InChI=1S/C47H65N5O3S2.C45H61N5O3S2/c1-7-22-50(6)23-20-38(31-56-40-11-9-8-10-12-40)48-43-18-17-41(28-35(43)2)57(54,55)49-44(53)36-13-15-39(16-14-36)52-26-24-51(25-27-52)30-37-19-21-45(3,4)29-42(37)47-32-46(5,33-47)34-47;1-33-26-39(16-17-41(33)46-36(19-21-48(5)6)29-54-38-10-8-7-9-11-38)55(52,53)47-42(51)34-12-14-37(15-13-34)50-24-22-49(23-25-50)28-35-18-20-43(2,3)27-40(35)45-30-44(4,31-45)32-45/h8-18,28,38,48H,7,19-27,29-34H2,1-6H3,(H,49,53);7-17,26,36,46H,18-25,27-32H2,1-6H3,(H,47,51)/t38-,46?,47?;36-,44?,45?/m11/s1. The van der Waals surface area contributed by atoms with Crippen LogP contribution in [0.15, 0.2) is 187 Å². The zero-order valence-electron chi connectivity index (χ0n) is 69.0. The van der Waals surface area contributed by atoms with Crippen molar-refractivity contribution in [3.8, 4) is 0 Å². The Morgan fingerprint density at radius 2 is 0.857 bits per heavy atom. The van der Waals surface area contributed by atoms with Gasteiger partial charge in [-0.05, 0) is 304 Å². The summed E-state index contributed by atoms with van der Waals surface area (Å²) in [7, 11) is -1.85. The van der Waals surface area contributed by atoms with E-state index in [0.29, 0.717) is 43.6 Å². The summed E-state index contributed by atoms with van der Waals surface area (Å²) in [5.74, 6) is 0.501. The van der Waals surface area contributed by atoms with Crippen LogP contribution in [0.1, 0.15) is 177 Å². The summed E-state index contributed by atoms with van der Waals surface area (Å²) in [5.41, 5.74) is 16.4. The Balaban J connectivity index is 0.000000196. The lowest BCUT2D eigenvalue weighted by molar-refractivity contribution is -0.167. The molecule has 2 amide bonds. The first-order chi connectivity index (χ1) is 53.3. The predicted octanol–water partition coefficient (Wildman–Crippen LogP) is 17.7. The van der Waals surface area contributed by atoms with Gasteiger partial charge in [0.1, 0.15) is 0 Å². The van der Waals surface area contributed by atoms with Crippen LogP contribution in [-0.4, -0.2) is 178 Å². The molecule has 4 N–H and O–H groups in total. The first-order valence-electron chi connectivity index (χ1n) is 41.4. The average Bonchev–Trinajstić information content (AvgIpc) is 0.680. The van der Waals surface area contributed by atoms with Gasteiger partial charge in [0, 0.05) is 133 Å². The highest BCUT2D eigenvalue weighted by atomic mass is 32.2. The van der Waals surface area contributed by atoms with E-state index in [-0.39, 0.29) is 21.9 Å². The highest BCUT2D eigenvalue weighted by molar-refractivity contribution is 7.99. The molecule has 2 saturated heterocycles. The lowest BCUT2D eigenvalue weighted by Gasteiger charge is -2.72. The second kappa shape index (κ2) is 34.7. The summed E-state index contributed by atoms with van der Waals surface area (Å²) in [6, 6.07) is 45.9. The van der Waals surface area contributed by atoms with Crippen LogP contribution in [0.2, 0.25) is 0 Å². The van der Waals surface area contributed by atoms with Gasteiger partial charge in [-0.2, -0.15) is 0 Å². The molecule has 6 saturated carbocycles. The molecule has 8 fully saturated rings. The minimum atomic E-state index is -4.07. The molecule has 2 atom stereocenters. The molecule has 2 heterocycles. The molecule has 10 aliphatic rings. The summed E-state index contributed by atoms with van der Waals surface area (Å²) in [6.45, 7) is 33.7. The van der Waals surface area contributed by atoms with E-state index < -0.39 is 31.9 Å². The smallest absolute Gasteiger partial charge is 0.264 e. The van der Waals surface area contributed by atoms with Gasteiger partial charge in [0.15, 0.2) is 0 Å². The van der Waals surface area contributed by atoms with Crippen LogP contribution in [-0.2, 0) is 20.0 Å². The van der Waals surface area contributed by atoms with Gasteiger partial charge in [0.25, 0.3) is 31.9 Å². The Morgan fingerprint density at radius 1 is 0.482 bits per heavy atom. The predicted molar refractivity (Wildman–Crippen MR) is 465 cm³/mol. The Labute approximate surface area is 680 Å². The number of nitrogens with one attached hydrogen (secondary N) is 4. The second-order valence-electron chi connectivity index (χ2n) is 37.1. The van der Waals surface area contributed by atoms with E-state index in [1.54, 1.807) is 77.5 Å². The molecule has 16 nitrogen and oxygen atoms in total. The quantitative estimate of drug-likeness (QED) is 0.0232. The molecule has 16 rings (SSSR count). The largest absolute Gasteiger partial charge is 0.381 e. The Morgan fingerprint density at radius 3 is 1.21 bits per heavy atom. The van der Waals surface area contributed by atoms with Gasteiger partial charge < -0.3 is 30.2 Å². The molecule has 0 unspecified atom stereocenters. The maximum atomic E-state index is 13.5. The molecule has 4 bridgehead atoms. The van der Waals surface area contributed by atoms with Crippen LogP contribution in [0.3, 0.4) is 0 Å². The van der Waals surface area contributed by atoms with E-state index in [4.69, 9.17) is 0 Å². The number of anilines is 4. The third kappa shape index (κ3) is 20.4. The molecule has 112 heavy (non-hydrogen) atoms. The van der Waals surface area contributed by atoms with Crippen molar-refractivity contribution in [2.45, 2.75) is 190 Å². The number of sulfonamides is 2. The fourth-order valence-corrected chi connectivity index (χ4v) is 23.9. The number of piperazine rings is 2. The van der Waals surface area contributed by atoms with Crippen molar-refractivity contribution in [1.29, 1.82) is 0 Å². The molecule has 2 aliphatic heterocycles. The molecule has 0 aromatic heterocycles. The van der Waals surface area contributed by atoms with Crippen LogP contribution < -0.4 is 29.9 Å². The number of benzene rings is 6. The van der Waals surface area contributed by atoms with Gasteiger partial charge in [-0.3, -0.25) is 19.4 Å². The zero-order valence-corrected chi connectivity index (χ0v) is 72.3. The first-order valence-corrected chi connectivity index (χ1v) is 46.4. The summed E-state index contributed by atoms with van der Waals surface area (Å²) < 4.78 is 58.3. The number of carbonyl (C=O) groups excluding carboxylic acids is 2. The van der Waals surface area contributed by atoms with Crippen molar-refractivity contribution >= 4 is 78.1 Å². The summed E-state index contributed by atoms with van der Waals surface area (Å²) in [4.78, 5) is 43.6. The number of hydrogen-bond donors (Lipinski definition) is 4. The van der Waals surface area contributed by atoms with E-state index in [1.807, 2.05) is 91.4 Å². The summed E-state index contributed by atoms with van der Waals surface area (Å²) in [5, 5.41) is 7.34. The average molecular weight is 1600 g/mol. The van der Waals surface area contributed by atoms with Crippen molar-refractivity contribution in [2.75, 3.05) is 138 Å². The normalized spacial score (nSPS) is 24.0. The molecule has 604 valence electrons. The minimum absolute atomic E-state index is 0.0696. The van der Waals surface area contributed by atoms with E-state index >= 15 is 0 Å². The highest BCUT2D eigenvalue weighted by Gasteiger charge is 2.68.